The highest BCUT2D eigenvalue weighted by atomic mass is 31.2. The zero-order valence-electron chi connectivity index (χ0n) is 81.3. The molecule has 818 valence electrons. The van der Waals surface area contributed by atoms with E-state index < -0.39 is 285 Å². The lowest BCUT2D eigenvalue weighted by Crippen LogP contribution is -2.57. The van der Waals surface area contributed by atoms with Gasteiger partial charge >= 0.3 is 5.97 Å². The Morgan fingerprint density at radius 2 is 0.764 bits per heavy atom. The molecule has 6 aliphatic rings. The van der Waals surface area contributed by atoms with E-state index in [4.69, 9.17) is 60.4 Å². The van der Waals surface area contributed by atoms with E-state index in [0.29, 0.717) is 28.7 Å². The average molecular weight is 2090 g/mol. The highest BCUT2D eigenvalue weighted by Gasteiger charge is 2.51. The van der Waals surface area contributed by atoms with Gasteiger partial charge in [-0.2, -0.15) is 0 Å². The first kappa shape index (κ1) is 131. The van der Waals surface area contributed by atoms with Gasteiger partial charge in [-0.05, 0) is 58.4 Å². The lowest BCUT2D eigenvalue weighted by molar-refractivity contribution is -0.306. The summed E-state index contributed by atoms with van der Waals surface area (Å²) in [5.74, 6) is -4.79. The summed E-state index contributed by atoms with van der Waals surface area (Å²) in [5.41, 5.74) is 27.7. The molecule has 24 N–H and O–H groups in total. The van der Waals surface area contributed by atoms with Gasteiger partial charge in [-0.3, -0.25) is 37.7 Å². The quantitative estimate of drug-likeness (QED) is 0.00674. The zero-order chi connectivity index (χ0) is 107. The van der Waals surface area contributed by atoms with Crippen molar-refractivity contribution in [2.75, 3.05) is 105 Å². The van der Waals surface area contributed by atoms with Crippen molar-refractivity contribution in [3.05, 3.63) is 20.9 Å². The maximum atomic E-state index is 12.0. The molecule has 0 aromatic heterocycles. The number of phosphoric acid groups is 3. The SMILES string of the molecule is CC1C(O[C@H](CO)[C@@H](O)[C@@H](O)COP(=O)([O-])OCCN)OC(CO)[C@@H](O)[C@@H]1O.CC1C(O[C@H](CO)[C@@H](O)[C@@H](O)COP(=O)([O-])OCCNC(=O)CCC(=O)CN)OC(CO)[C@@H](O)[C@@H]1O.CC1C(O[C@H](CO)[C@@H](O)[C@@H](O)COP(=O)([O-])OCCNC(=O)CCC(=O)ON2C(=O)CCC2=O)OC(CO)[C@@H](O)[C@@H]1O.CCC1O[C@@H](C(C)(C)C)C(N=[N+]=[N-])[C@@H](C)[C@@H]1C.CCC1O[C@H](C(C)(C)C)C(N=[N+]=[N-])[C@@H](C)[C@@H]1C. The summed E-state index contributed by atoms with van der Waals surface area (Å²) in [7, 11) is -14.7. The van der Waals surface area contributed by atoms with Crippen LogP contribution in [0.2, 0.25) is 0 Å². The van der Waals surface area contributed by atoms with Gasteiger partial charge in [0.05, 0.1) is 147 Å². The normalized spacial score (nSPS) is 32.0. The van der Waals surface area contributed by atoms with Crippen LogP contribution in [0.25, 0.3) is 20.9 Å². The van der Waals surface area contributed by atoms with Crippen LogP contribution in [0.1, 0.15) is 155 Å². The van der Waals surface area contributed by atoms with Crippen LogP contribution in [0.5, 0.6) is 0 Å². The molecule has 0 aromatic carbocycles. The Bertz CT molecular complexity index is 3820. The number of aliphatic hydroxyl groups excluding tert-OH is 18. The molecule has 0 bridgehead atoms. The van der Waals surface area contributed by atoms with Crippen LogP contribution in [0.4, 0.5) is 0 Å². The Hall–Kier alpha value is -4.95. The van der Waals surface area contributed by atoms with Crippen LogP contribution < -0.4 is 36.8 Å². The summed E-state index contributed by atoms with van der Waals surface area (Å²) < 4.78 is 107. The molecule has 16 unspecified atom stereocenters. The van der Waals surface area contributed by atoms with E-state index in [0.717, 1.165) is 12.8 Å². The summed E-state index contributed by atoms with van der Waals surface area (Å²) in [6, 6.07) is -0.115. The number of hydrogen-bond donors (Lipinski definition) is 22. The minimum Gasteiger partial charge on any atom is -0.756 e. The lowest BCUT2D eigenvalue weighted by Gasteiger charge is -2.48. The standard InChI is InChI=1S/C22H37N2O17P.C19H37N2O14P.C14H30NO12P.2C13H25N3O/c1-11-19(32)21(34)14(9-26)40-22(11)39-13(8-25)20(33)12(27)10-38-42(35,36)37-7-6-23-15(28)2-5-18(31)41-24-16(29)3-4-17(24)30;1-10-16(27)18(29)14(8-23)35-19(10)34-13(7-22)17(28)12(25)9-33-36(30,31)32-5-4-21-15(26)3-2-11(24)6-20;1-7-11(19)13(21)10(5-17)27-14(7)26-9(4-16)12(20)8(18)6-25-28(22,23)24-3-2-15;2*1-7-10-8(2)9(3)11(15-16-14)12(17-10)13(4,5)6/h11-14,19-22,25-27,32-34H,2-10H2,1H3,(H,23,28)(H,35,36);10,12-14,16-19,22-23,25,27-29H,2-9,20H2,1H3,(H,21,26)(H,30,31);7-14,16-21H,2-6,15H2,1H3,(H,22,23);2*8-12H,7H2,1-6H3/p-3/t11?,12-,13+,14?,19+,20-,21+,22?;10?,12-,13+,14?,16+,17-,18+,19?;7?,8-,9+,10?,11+,12-,13+,14?;8-,9-,10?,11?,12+;8-,9-,10?,11?,12-/m00000/s1. The molecule has 0 radical (unpaired) electrons. The lowest BCUT2D eigenvalue weighted by atomic mass is 9.72. The van der Waals surface area contributed by atoms with Gasteiger partial charge in [0.2, 0.25) is 11.8 Å². The third-order valence-electron chi connectivity index (χ3n) is 23.9. The first-order chi connectivity index (χ1) is 65.3. The van der Waals surface area contributed by atoms with Crippen LogP contribution in [-0.4, -0.2) is 403 Å². The number of azide groups is 2. The van der Waals surface area contributed by atoms with Gasteiger partial charge < -0.3 is 199 Å². The molecule has 0 aromatic rings. The van der Waals surface area contributed by atoms with Crippen molar-refractivity contribution in [1.29, 1.82) is 0 Å². The molecule has 56 nitrogen and oxygen atoms in total. The second-order valence-electron chi connectivity index (χ2n) is 36.5. The highest BCUT2D eigenvalue weighted by Crippen LogP contribution is 2.45. The second kappa shape index (κ2) is 63.7. The number of carbonyl (C=O) groups is 6. The van der Waals surface area contributed by atoms with Crippen molar-refractivity contribution in [3.63, 3.8) is 0 Å². The Labute approximate surface area is 811 Å². The molecule has 6 aliphatic heterocycles. The largest absolute Gasteiger partial charge is 0.756 e. The predicted molar refractivity (Wildman–Crippen MR) is 475 cm³/mol. The van der Waals surface area contributed by atoms with Crippen molar-refractivity contribution in [2.24, 2.45) is 74.0 Å². The Balaban J connectivity index is 0.000000616. The topological polar surface area (TPSA) is 902 Å². The Morgan fingerprint density at radius 1 is 0.464 bits per heavy atom. The van der Waals surface area contributed by atoms with Crippen LogP contribution in [0.15, 0.2) is 10.2 Å². The number of nitrogens with two attached hydrogens (primary N) is 2. The monoisotopic (exact) mass is 2090 g/mol. The Morgan fingerprint density at radius 3 is 1.03 bits per heavy atom. The van der Waals surface area contributed by atoms with Gasteiger partial charge in [-0.25, -0.2) is 4.79 Å². The molecule has 37 atom stereocenters. The highest BCUT2D eigenvalue weighted by molar-refractivity contribution is 7.46. The average Bonchev–Trinajstić information content (AvgIpc) is 0.786. The number of amides is 4. The maximum Gasteiger partial charge on any atom is 0.333 e. The number of Topliss-reactive ketones (excluding diaryl/α,β-unsaturated/α-hetero) is 1. The van der Waals surface area contributed by atoms with Gasteiger partial charge in [-0.15, -0.1) is 5.06 Å². The van der Waals surface area contributed by atoms with Crippen molar-refractivity contribution in [3.8, 4) is 0 Å². The van der Waals surface area contributed by atoms with E-state index in [1.165, 1.54) is 20.8 Å². The molecule has 0 saturated carbocycles. The van der Waals surface area contributed by atoms with Crippen molar-refractivity contribution >= 4 is 58.8 Å². The van der Waals surface area contributed by atoms with Gasteiger partial charge in [0.15, 0.2) is 18.9 Å². The van der Waals surface area contributed by atoms with E-state index in [-0.39, 0.29) is 112 Å². The number of ether oxygens (including phenoxy) is 8. The zero-order valence-corrected chi connectivity index (χ0v) is 84.0. The third-order valence-corrected chi connectivity index (χ3v) is 26.8. The van der Waals surface area contributed by atoms with E-state index in [2.05, 4.69) is 146 Å². The molecule has 6 fully saturated rings. The fourth-order valence-electron chi connectivity index (χ4n) is 14.9. The summed E-state index contributed by atoms with van der Waals surface area (Å²) in [4.78, 5) is 115. The number of phosphoric ester groups is 3. The molecule has 6 saturated heterocycles. The second-order valence-corrected chi connectivity index (χ2v) is 40.7. The summed E-state index contributed by atoms with van der Waals surface area (Å²) in [6.07, 6.45) is -30.0. The summed E-state index contributed by atoms with van der Waals surface area (Å²) in [6.45, 7) is 20.6. The van der Waals surface area contributed by atoms with Crippen LogP contribution in [0, 0.1) is 52.3 Å². The molecule has 0 spiro atoms. The predicted octanol–water partition coefficient (Wildman–Crippen LogP) is -5.80. The molecule has 6 rings (SSSR count). The van der Waals surface area contributed by atoms with E-state index in [9.17, 15) is 149 Å². The van der Waals surface area contributed by atoms with E-state index in [1.54, 1.807) is 0 Å². The number of carbonyl (C=O) groups excluding carboxylic acids is 6. The van der Waals surface area contributed by atoms with Crippen LogP contribution in [0.3, 0.4) is 0 Å². The van der Waals surface area contributed by atoms with Crippen LogP contribution >= 0.6 is 23.5 Å². The van der Waals surface area contributed by atoms with E-state index >= 15 is 0 Å². The number of hydroxylamine groups is 2. The van der Waals surface area contributed by atoms with E-state index in [1.807, 2.05) is 0 Å². The number of nitrogens with zero attached hydrogens (tertiary/aromatic N) is 7. The number of aliphatic hydroxyl groups is 18. The van der Waals surface area contributed by atoms with Gasteiger partial charge in [-0.1, -0.05) is 114 Å². The molecule has 0 aliphatic carbocycles. The van der Waals surface area contributed by atoms with Crippen molar-refractivity contribution < 1.29 is 219 Å². The molecule has 140 heavy (non-hydrogen) atoms. The summed E-state index contributed by atoms with van der Waals surface area (Å²) >= 11 is 0. The Kier molecular flexibility index (Phi) is 59.6. The van der Waals surface area contributed by atoms with Crippen molar-refractivity contribution in [2.45, 2.75) is 320 Å². The van der Waals surface area contributed by atoms with Gasteiger partial charge in [0.25, 0.3) is 35.3 Å². The first-order valence-electron chi connectivity index (χ1n) is 45.8. The minimum atomic E-state index is -5.05. The number of ketones is 1. The number of nitrogens with one attached hydrogen (secondary N) is 2. The smallest absolute Gasteiger partial charge is 0.333 e. The molecule has 4 amide bonds. The van der Waals surface area contributed by atoms with Gasteiger partial charge in [0.1, 0.15) is 97.3 Å². The third kappa shape index (κ3) is 42.7. The summed E-state index contributed by atoms with van der Waals surface area (Å²) in [5, 5.41) is 190. The number of imide groups is 1. The molecular weight excluding hydrogens is 1940 g/mol. The fourth-order valence-corrected chi connectivity index (χ4v) is 17.0. The number of rotatable bonds is 50. The molecule has 6 heterocycles. The van der Waals surface area contributed by atoms with Gasteiger partial charge in [0, 0.05) is 79.3 Å². The first-order valence-corrected chi connectivity index (χ1v) is 50.1. The molecule has 59 heteroatoms. The fraction of sp³-hybridized carbons (Fsp3) is 0.926. The van der Waals surface area contributed by atoms with Crippen LogP contribution in [-0.2, 0) is 112 Å². The number of hydrogen-bond acceptors (Lipinski definition) is 49. The van der Waals surface area contributed by atoms with Crippen molar-refractivity contribution in [1.82, 2.24) is 15.7 Å². The maximum absolute atomic E-state index is 12.0. The minimum absolute atomic E-state index is 0.000671. The molecular formula is C81H151N11O45P3-3.